The largest absolute Gasteiger partial charge is 0.352 e. The van der Waals surface area contributed by atoms with Gasteiger partial charge in [0.1, 0.15) is 0 Å². The second kappa shape index (κ2) is 7.13. The van der Waals surface area contributed by atoms with Crippen LogP contribution in [0, 0.1) is 0 Å². The first-order chi connectivity index (χ1) is 8.79. The smallest absolute Gasteiger partial charge is 0.234 e. The molecule has 2 rings (SSSR count). The molecule has 18 heavy (non-hydrogen) atoms. The Labute approximate surface area is 111 Å². The van der Waals surface area contributed by atoms with Gasteiger partial charge in [-0.05, 0) is 38.6 Å². The summed E-state index contributed by atoms with van der Waals surface area (Å²) in [6.45, 7) is 3.97. The van der Waals surface area contributed by atoms with E-state index in [1.165, 1.54) is 57.8 Å². The summed E-state index contributed by atoms with van der Waals surface area (Å²) < 4.78 is 0. The van der Waals surface area contributed by atoms with Gasteiger partial charge in [0.2, 0.25) is 5.91 Å². The highest BCUT2D eigenvalue weighted by Gasteiger charge is 2.24. The van der Waals surface area contributed by atoms with E-state index in [1.54, 1.807) is 0 Å². The van der Waals surface area contributed by atoms with Crippen LogP contribution in [-0.4, -0.2) is 36.0 Å². The Bertz CT molecular complexity index is 261. The molecule has 1 aliphatic heterocycles. The normalized spacial score (nSPS) is 27.1. The minimum Gasteiger partial charge on any atom is -0.352 e. The minimum absolute atomic E-state index is 0.252. The Hall–Kier alpha value is -0.570. The van der Waals surface area contributed by atoms with Gasteiger partial charge in [0.25, 0.3) is 0 Å². The summed E-state index contributed by atoms with van der Waals surface area (Å²) in [6, 6.07) is 1.09. The molecule has 1 heterocycles. The SMILES string of the molecule is CCC1CCCCN1CC(=O)NC1CCCCC1. The highest BCUT2D eigenvalue weighted by atomic mass is 16.2. The molecule has 1 saturated carbocycles. The van der Waals surface area contributed by atoms with E-state index in [2.05, 4.69) is 17.1 Å². The Kier molecular flexibility index (Phi) is 5.48. The molecule has 2 aliphatic rings. The van der Waals surface area contributed by atoms with Crippen LogP contribution < -0.4 is 5.32 Å². The molecule has 0 radical (unpaired) electrons. The van der Waals surface area contributed by atoms with Crippen LogP contribution in [0.2, 0.25) is 0 Å². The maximum absolute atomic E-state index is 12.1. The lowest BCUT2D eigenvalue weighted by Gasteiger charge is -2.35. The number of rotatable bonds is 4. The Morgan fingerprint density at radius 3 is 2.56 bits per heavy atom. The standard InChI is InChI=1S/C15H28N2O/c1-2-14-10-6-7-11-17(14)12-15(18)16-13-8-4-3-5-9-13/h13-14H,2-12H2,1H3,(H,16,18). The molecule has 1 amide bonds. The zero-order valence-electron chi connectivity index (χ0n) is 11.8. The molecular weight excluding hydrogens is 224 g/mol. The van der Waals surface area contributed by atoms with Gasteiger partial charge in [-0.15, -0.1) is 0 Å². The van der Waals surface area contributed by atoms with Crippen molar-refractivity contribution in [3.63, 3.8) is 0 Å². The molecule has 104 valence electrons. The quantitative estimate of drug-likeness (QED) is 0.834. The maximum Gasteiger partial charge on any atom is 0.234 e. The molecule has 1 saturated heterocycles. The topological polar surface area (TPSA) is 32.3 Å². The second-order valence-electron chi connectivity index (χ2n) is 5.93. The second-order valence-corrected chi connectivity index (χ2v) is 5.93. The van der Waals surface area contributed by atoms with Crippen molar-refractivity contribution >= 4 is 5.91 Å². The highest BCUT2D eigenvalue weighted by Crippen LogP contribution is 2.20. The van der Waals surface area contributed by atoms with Crippen LogP contribution in [0.1, 0.15) is 64.7 Å². The highest BCUT2D eigenvalue weighted by molar-refractivity contribution is 5.78. The van der Waals surface area contributed by atoms with E-state index in [-0.39, 0.29) is 5.91 Å². The number of hydrogen-bond donors (Lipinski definition) is 1. The van der Waals surface area contributed by atoms with Crippen molar-refractivity contribution in [1.29, 1.82) is 0 Å². The van der Waals surface area contributed by atoms with E-state index in [0.717, 1.165) is 6.54 Å². The Balaban J connectivity index is 1.75. The average molecular weight is 252 g/mol. The molecule has 1 unspecified atom stereocenters. The third-order valence-electron chi connectivity index (χ3n) is 4.54. The maximum atomic E-state index is 12.1. The summed E-state index contributed by atoms with van der Waals surface area (Å²) in [4.78, 5) is 14.5. The van der Waals surface area contributed by atoms with E-state index < -0.39 is 0 Å². The van der Waals surface area contributed by atoms with Gasteiger partial charge in [0.15, 0.2) is 0 Å². The molecule has 1 aliphatic carbocycles. The molecule has 1 atom stereocenters. The number of carbonyl (C=O) groups is 1. The minimum atomic E-state index is 0.252. The van der Waals surface area contributed by atoms with Crippen LogP contribution in [0.25, 0.3) is 0 Å². The van der Waals surface area contributed by atoms with Crippen LogP contribution in [0.3, 0.4) is 0 Å². The van der Waals surface area contributed by atoms with E-state index in [1.807, 2.05) is 0 Å². The van der Waals surface area contributed by atoms with Gasteiger partial charge >= 0.3 is 0 Å². The molecule has 0 aromatic heterocycles. The van der Waals surface area contributed by atoms with E-state index in [0.29, 0.717) is 18.6 Å². The van der Waals surface area contributed by atoms with Crippen LogP contribution in [-0.2, 0) is 4.79 Å². The first-order valence-corrected chi connectivity index (χ1v) is 7.83. The predicted molar refractivity (Wildman–Crippen MR) is 74.5 cm³/mol. The number of nitrogens with one attached hydrogen (secondary N) is 1. The van der Waals surface area contributed by atoms with Crippen LogP contribution >= 0.6 is 0 Å². The first kappa shape index (κ1) is 13.9. The molecule has 0 aromatic carbocycles. The third-order valence-corrected chi connectivity index (χ3v) is 4.54. The fourth-order valence-electron chi connectivity index (χ4n) is 3.44. The number of amides is 1. The fourth-order valence-corrected chi connectivity index (χ4v) is 3.44. The number of nitrogens with zero attached hydrogens (tertiary/aromatic N) is 1. The fraction of sp³-hybridized carbons (Fsp3) is 0.933. The average Bonchev–Trinajstić information content (AvgIpc) is 2.40. The van der Waals surface area contributed by atoms with E-state index in [4.69, 9.17) is 0 Å². The summed E-state index contributed by atoms with van der Waals surface area (Å²) in [5.74, 6) is 0.252. The van der Waals surface area contributed by atoms with Gasteiger partial charge in [0.05, 0.1) is 6.54 Å². The summed E-state index contributed by atoms with van der Waals surface area (Å²) in [5, 5.41) is 3.23. The molecule has 2 fully saturated rings. The van der Waals surface area contributed by atoms with E-state index >= 15 is 0 Å². The summed E-state index contributed by atoms with van der Waals surface area (Å²) >= 11 is 0. The van der Waals surface area contributed by atoms with Crippen LogP contribution in [0.5, 0.6) is 0 Å². The molecule has 0 spiro atoms. The zero-order chi connectivity index (χ0) is 12.8. The summed E-state index contributed by atoms with van der Waals surface area (Å²) in [6.07, 6.45) is 11.3. The van der Waals surface area contributed by atoms with E-state index in [9.17, 15) is 4.79 Å². The molecular formula is C15H28N2O. The lowest BCUT2D eigenvalue weighted by molar-refractivity contribution is -0.124. The van der Waals surface area contributed by atoms with Crippen LogP contribution in [0.15, 0.2) is 0 Å². The Morgan fingerprint density at radius 2 is 1.83 bits per heavy atom. The molecule has 3 heteroatoms. The van der Waals surface area contributed by atoms with Gasteiger partial charge in [-0.1, -0.05) is 32.6 Å². The van der Waals surface area contributed by atoms with Crippen molar-refractivity contribution in [2.24, 2.45) is 0 Å². The van der Waals surface area contributed by atoms with Gasteiger partial charge < -0.3 is 5.32 Å². The van der Waals surface area contributed by atoms with Crippen molar-refractivity contribution in [2.75, 3.05) is 13.1 Å². The number of piperidine rings is 1. The third kappa shape index (κ3) is 3.98. The van der Waals surface area contributed by atoms with Crippen molar-refractivity contribution in [3.05, 3.63) is 0 Å². The van der Waals surface area contributed by atoms with Gasteiger partial charge in [-0.25, -0.2) is 0 Å². The zero-order valence-corrected chi connectivity index (χ0v) is 11.8. The molecule has 3 nitrogen and oxygen atoms in total. The van der Waals surface area contributed by atoms with Gasteiger partial charge in [0, 0.05) is 12.1 Å². The van der Waals surface area contributed by atoms with Crippen LogP contribution in [0.4, 0.5) is 0 Å². The summed E-state index contributed by atoms with van der Waals surface area (Å²) in [7, 11) is 0. The monoisotopic (exact) mass is 252 g/mol. The van der Waals surface area contributed by atoms with Gasteiger partial charge in [-0.3, -0.25) is 9.69 Å². The predicted octanol–water partition coefficient (Wildman–Crippen LogP) is 2.70. The lowest BCUT2D eigenvalue weighted by atomic mass is 9.95. The number of hydrogen-bond acceptors (Lipinski definition) is 2. The molecule has 1 N–H and O–H groups in total. The summed E-state index contributed by atoms with van der Waals surface area (Å²) in [5.41, 5.74) is 0. The van der Waals surface area contributed by atoms with Crippen molar-refractivity contribution < 1.29 is 4.79 Å². The molecule has 0 bridgehead atoms. The number of carbonyl (C=O) groups excluding carboxylic acids is 1. The molecule has 0 aromatic rings. The van der Waals surface area contributed by atoms with Crippen molar-refractivity contribution in [3.8, 4) is 0 Å². The lowest BCUT2D eigenvalue weighted by Crippen LogP contribution is -2.47. The van der Waals surface area contributed by atoms with Crippen molar-refractivity contribution in [2.45, 2.75) is 76.8 Å². The van der Waals surface area contributed by atoms with Gasteiger partial charge in [-0.2, -0.15) is 0 Å². The van der Waals surface area contributed by atoms with Crippen molar-refractivity contribution in [1.82, 2.24) is 10.2 Å². The number of likely N-dealkylation sites (tertiary alicyclic amines) is 1. The first-order valence-electron chi connectivity index (χ1n) is 7.83. The Morgan fingerprint density at radius 1 is 1.11 bits per heavy atom.